The summed E-state index contributed by atoms with van der Waals surface area (Å²) < 4.78 is 11.3. The number of para-hydroxylation sites is 1. The molecule has 0 bridgehead atoms. The molecule has 0 saturated carbocycles. The third-order valence-corrected chi connectivity index (χ3v) is 5.35. The lowest BCUT2D eigenvalue weighted by Gasteiger charge is -2.31. The first-order chi connectivity index (χ1) is 14.5. The van der Waals surface area contributed by atoms with E-state index >= 15 is 0 Å². The Hall–Kier alpha value is -3.12. The van der Waals surface area contributed by atoms with Crippen molar-refractivity contribution in [1.29, 1.82) is 0 Å². The van der Waals surface area contributed by atoms with Gasteiger partial charge in [0.1, 0.15) is 12.0 Å². The van der Waals surface area contributed by atoms with Crippen molar-refractivity contribution in [2.24, 2.45) is 0 Å². The average molecular weight is 425 g/mol. The Bertz CT molecular complexity index is 1120. The van der Waals surface area contributed by atoms with Crippen LogP contribution in [-0.2, 0) is 25.7 Å². The van der Waals surface area contributed by atoms with Crippen LogP contribution in [0, 0.1) is 0 Å². The minimum Gasteiger partial charge on any atom is -0.484 e. The van der Waals surface area contributed by atoms with E-state index in [0.717, 1.165) is 22.2 Å². The predicted molar refractivity (Wildman–Crippen MR) is 113 cm³/mol. The van der Waals surface area contributed by atoms with Crippen LogP contribution in [0.15, 0.2) is 71.3 Å². The Labute approximate surface area is 179 Å². The van der Waals surface area contributed by atoms with Gasteiger partial charge < -0.3 is 14.4 Å². The standard InChI is InChI=1S/C23H21ClN2O4/c1-3-29-23(28)21-22(17-11-18(24)20(27)10-15(17)12-26(21)2)30-13-16-9-8-14-6-4-5-7-19(14)25-16/h4-9,11-12,18H,3,10,13H2,1-2H3. The zero-order valence-corrected chi connectivity index (χ0v) is 17.5. The minimum atomic E-state index is -0.763. The summed E-state index contributed by atoms with van der Waals surface area (Å²) in [6.45, 7) is 2.14. The number of halogens is 1. The van der Waals surface area contributed by atoms with Crippen LogP contribution in [0.2, 0.25) is 0 Å². The number of aromatic nitrogens is 1. The Kier molecular flexibility index (Phi) is 5.59. The molecule has 0 N–H and O–H groups in total. The van der Waals surface area contributed by atoms with Gasteiger partial charge in [-0.15, -0.1) is 11.6 Å². The predicted octanol–water partition coefficient (Wildman–Crippen LogP) is 3.86. The summed E-state index contributed by atoms with van der Waals surface area (Å²) >= 11 is 6.19. The molecule has 4 rings (SSSR count). The number of allylic oxidation sites excluding steroid dienone is 2. The second-order valence-electron chi connectivity index (χ2n) is 7.07. The molecule has 154 valence electrons. The molecule has 2 aliphatic rings. The normalized spacial score (nSPS) is 18.7. The smallest absolute Gasteiger partial charge is 0.358 e. The molecule has 30 heavy (non-hydrogen) atoms. The summed E-state index contributed by atoms with van der Waals surface area (Å²) in [6.07, 6.45) is 3.57. The molecule has 1 unspecified atom stereocenters. The number of pyridine rings is 1. The van der Waals surface area contributed by atoms with Gasteiger partial charge in [-0.25, -0.2) is 9.78 Å². The Morgan fingerprint density at radius 2 is 2.07 bits per heavy atom. The van der Waals surface area contributed by atoms with Gasteiger partial charge in [0.25, 0.3) is 0 Å². The molecular weight excluding hydrogens is 404 g/mol. The van der Waals surface area contributed by atoms with Crippen LogP contribution in [-0.4, -0.2) is 40.7 Å². The van der Waals surface area contributed by atoms with E-state index in [9.17, 15) is 9.59 Å². The summed E-state index contributed by atoms with van der Waals surface area (Å²) in [5.74, 6) is -0.238. The molecule has 1 aliphatic heterocycles. The van der Waals surface area contributed by atoms with Crippen molar-refractivity contribution in [2.45, 2.75) is 25.3 Å². The lowest BCUT2D eigenvalue weighted by atomic mass is 9.89. The van der Waals surface area contributed by atoms with E-state index in [0.29, 0.717) is 11.3 Å². The molecule has 1 aromatic heterocycles. The van der Waals surface area contributed by atoms with Crippen LogP contribution in [0.4, 0.5) is 0 Å². The van der Waals surface area contributed by atoms with Crippen LogP contribution in [0.1, 0.15) is 19.0 Å². The number of Topliss-reactive ketones (excluding diaryl/α,β-unsaturated/α-hetero) is 1. The second-order valence-corrected chi connectivity index (χ2v) is 7.54. The monoisotopic (exact) mass is 424 g/mol. The van der Waals surface area contributed by atoms with E-state index in [-0.39, 0.29) is 31.1 Å². The van der Waals surface area contributed by atoms with Crippen molar-refractivity contribution >= 4 is 34.3 Å². The molecule has 7 heteroatoms. The molecule has 0 saturated heterocycles. The highest BCUT2D eigenvalue weighted by Gasteiger charge is 2.35. The number of ketones is 1. The van der Waals surface area contributed by atoms with Gasteiger partial charge in [-0.3, -0.25) is 4.79 Å². The number of carbonyl (C=O) groups is 2. The Balaban J connectivity index is 1.70. The lowest BCUT2D eigenvalue weighted by Crippen LogP contribution is -2.31. The molecule has 2 heterocycles. The van der Waals surface area contributed by atoms with Gasteiger partial charge >= 0.3 is 5.97 Å². The van der Waals surface area contributed by atoms with Gasteiger partial charge in [0.05, 0.1) is 17.8 Å². The van der Waals surface area contributed by atoms with Crippen molar-refractivity contribution in [3.63, 3.8) is 0 Å². The maximum Gasteiger partial charge on any atom is 0.358 e. The summed E-state index contributed by atoms with van der Waals surface area (Å²) in [7, 11) is 1.73. The molecule has 0 amide bonds. The number of fused-ring (bicyclic) bond motifs is 2. The number of esters is 1. The minimum absolute atomic E-state index is 0.0878. The third-order valence-electron chi connectivity index (χ3n) is 4.98. The number of hydrogen-bond donors (Lipinski definition) is 0. The fourth-order valence-corrected chi connectivity index (χ4v) is 3.77. The highest BCUT2D eigenvalue weighted by Crippen LogP contribution is 2.37. The molecule has 1 atom stereocenters. The van der Waals surface area contributed by atoms with E-state index in [2.05, 4.69) is 4.98 Å². The molecule has 6 nitrogen and oxygen atoms in total. The van der Waals surface area contributed by atoms with Crippen molar-refractivity contribution in [3.8, 4) is 0 Å². The van der Waals surface area contributed by atoms with Gasteiger partial charge in [-0.05, 0) is 30.7 Å². The molecule has 0 fully saturated rings. The van der Waals surface area contributed by atoms with Gasteiger partial charge in [-0.2, -0.15) is 0 Å². The SMILES string of the molecule is CCOC(=O)C1=C(OCc2ccc3ccccc3n2)C2=CC(Cl)C(=O)CC2=CN1C. The highest BCUT2D eigenvalue weighted by atomic mass is 35.5. The number of ether oxygens (including phenoxy) is 2. The van der Waals surface area contributed by atoms with Crippen LogP contribution < -0.4 is 0 Å². The highest BCUT2D eigenvalue weighted by molar-refractivity contribution is 6.33. The number of rotatable bonds is 5. The first-order valence-corrected chi connectivity index (χ1v) is 10.1. The van der Waals surface area contributed by atoms with E-state index in [4.69, 9.17) is 21.1 Å². The molecule has 0 spiro atoms. The molecule has 2 aromatic rings. The van der Waals surface area contributed by atoms with E-state index in [1.807, 2.05) is 36.4 Å². The van der Waals surface area contributed by atoms with Crippen molar-refractivity contribution in [3.05, 3.63) is 77.0 Å². The molecule has 0 radical (unpaired) electrons. The van der Waals surface area contributed by atoms with Gasteiger partial charge in [0, 0.05) is 30.6 Å². The van der Waals surface area contributed by atoms with Crippen molar-refractivity contribution in [1.82, 2.24) is 9.88 Å². The number of alkyl halides is 1. The molecular formula is C23H21ClN2O4. The van der Waals surface area contributed by atoms with E-state index < -0.39 is 11.3 Å². The first kappa shape index (κ1) is 20.2. The quantitative estimate of drug-likeness (QED) is 0.536. The Morgan fingerprint density at radius 1 is 1.27 bits per heavy atom. The lowest BCUT2D eigenvalue weighted by molar-refractivity contribution is -0.140. The van der Waals surface area contributed by atoms with Crippen molar-refractivity contribution in [2.75, 3.05) is 13.7 Å². The van der Waals surface area contributed by atoms with Crippen LogP contribution in [0.25, 0.3) is 10.9 Å². The maximum atomic E-state index is 12.7. The van der Waals surface area contributed by atoms with Crippen LogP contribution in [0.3, 0.4) is 0 Å². The number of carbonyl (C=O) groups excluding carboxylic acids is 2. The summed E-state index contributed by atoms with van der Waals surface area (Å²) in [6, 6.07) is 11.7. The summed E-state index contributed by atoms with van der Waals surface area (Å²) in [5, 5.41) is 0.273. The number of nitrogens with zero attached hydrogens (tertiary/aromatic N) is 2. The fourth-order valence-electron chi connectivity index (χ4n) is 3.57. The molecule has 1 aliphatic carbocycles. The number of hydrogen-bond acceptors (Lipinski definition) is 6. The average Bonchev–Trinajstić information content (AvgIpc) is 2.73. The zero-order chi connectivity index (χ0) is 21.3. The van der Waals surface area contributed by atoms with Crippen LogP contribution in [0.5, 0.6) is 0 Å². The third kappa shape index (κ3) is 3.83. The maximum absolute atomic E-state index is 12.7. The van der Waals surface area contributed by atoms with Crippen molar-refractivity contribution < 1.29 is 19.1 Å². The second kappa shape index (κ2) is 8.32. The number of likely N-dealkylation sites (N-methyl/N-ethyl adjacent to an activating group) is 1. The van der Waals surface area contributed by atoms with Crippen LogP contribution >= 0.6 is 11.6 Å². The summed E-state index contributed by atoms with van der Waals surface area (Å²) in [5.41, 5.74) is 3.26. The fraction of sp³-hybridized carbons (Fsp3) is 0.261. The number of benzene rings is 1. The largest absolute Gasteiger partial charge is 0.484 e. The first-order valence-electron chi connectivity index (χ1n) is 9.69. The van der Waals surface area contributed by atoms with Gasteiger partial charge in [0.2, 0.25) is 0 Å². The van der Waals surface area contributed by atoms with E-state index in [1.54, 1.807) is 31.1 Å². The van der Waals surface area contributed by atoms with E-state index in [1.165, 1.54) is 0 Å². The topological polar surface area (TPSA) is 68.7 Å². The van der Waals surface area contributed by atoms with Gasteiger partial charge in [0.15, 0.2) is 17.2 Å². The summed E-state index contributed by atoms with van der Waals surface area (Å²) in [4.78, 5) is 31.0. The molecule has 1 aromatic carbocycles. The van der Waals surface area contributed by atoms with Gasteiger partial charge in [-0.1, -0.05) is 24.3 Å². The zero-order valence-electron chi connectivity index (χ0n) is 16.7. The Morgan fingerprint density at radius 3 is 2.87 bits per heavy atom.